The molecule has 0 atom stereocenters. The average molecular weight is 375 g/mol. The Kier molecular flexibility index (Phi) is 4.94. The molecule has 0 bridgehead atoms. The van der Waals surface area contributed by atoms with Gasteiger partial charge >= 0.3 is 0 Å². The summed E-state index contributed by atoms with van der Waals surface area (Å²) in [6.07, 6.45) is 7.69. The zero-order valence-electron chi connectivity index (χ0n) is 16.5. The number of anilines is 2. The molecule has 1 fully saturated rings. The molecule has 4 rings (SSSR count). The molecule has 0 aliphatic heterocycles. The van der Waals surface area contributed by atoms with Crippen molar-refractivity contribution in [3.8, 4) is 11.1 Å². The second kappa shape index (κ2) is 7.54. The van der Waals surface area contributed by atoms with Gasteiger partial charge in [-0.25, -0.2) is 9.97 Å². The Bertz CT molecular complexity index is 1040. The van der Waals surface area contributed by atoms with Crippen LogP contribution in [0.2, 0.25) is 0 Å². The summed E-state index contributed by atoms with van der Waals surface area (Å²) in [5.41, 5.74) is 5.14. The topological polar surface area (TPSA) is 79.8 Å². The molecule has 0 radical (unpaired) electrons. The van der Waals surface area contributed by atoms with Crippen molar-refractivity contribution >= 4 is 28.4 Å². The number of pyridine rings is 3. The van der Waals surface area contributed by atoms with E-state index >= 15 is 0 Å². The van der Waals surface area contributed by atoms with Crippen LogP contribution in [-0.2, 0) is 11.2 Å². The van der Waals surface area contributed by atoms with Gasteiger partial charge in [-0.15, -0.1) is 0 Å². The maximum Gasteiger partial charge on any atom is 0.228 e. The van der Waals surface area contributed by atoms with E-state index < -0.39 is 0 Å². The number of fused-ring (bicyclic) bond motifs is 1. The van der Waals surface area contributed by atoms with Gasteiger partial charge in [-0.3, -0.25) is 9.78 Å². The largest absolute Gasteiger partial charge is 0.373 e. The zero-order valence-corrected chi connectivity index (χ0v) is 16.5. The SMILES string of the molecule is CCCc1cc(C)c(-c2cc3cnc(NC(=O)C4CC4)cc3nc2NC)cn1. The summed E-state index contributed by atoms with van der Waals surface area (Å²) in [5.74, 6) is 1.53. The third-order valence-corrected chi connectivity index (χ3v) is 5.10. The van der Waals surface area contributed by atoms with Gasteiger partial charge in [0.25, 0.3) is 0 Å². The molecule has 2 N–H and O–H groups in total. The van der Waals surface area contributed by atoms with Gasteiger partial charge in [-0.2, -0.15) is 0 Å². The number of aryl methyl sites for hydroxylation is 2. The highest BCUT2D eigenvalue weighted by Crippen LogP contribution is 2.33. The van der Waals surface area contributed by atoms with E-state index in [1.54, 1.807) is 6.20 Å². The fraction of sp³-hybridized carbons (Fsp3) is 0.364. The van der Waals surface area contributed by atoms with E-state index in [1.165, 1.54) is 5.56 Å². The van der Waals surface area contributed by atoms with Crippen LogP contribution in [0.1, 0.15) is 37.4 Å². The molecule has 1 aliphatic carbocycles. The van der Waals surface area contributed by atoms with Crippen LogP contribution in [0.3, 0.4) is 0 Å². The van der Waals surface area contributed by atoms with Crippen molar-refractivity contribution in [1.29, 1.82) is 0 Å². The number of hydrogen-bond donors (Lipinski definition) is 2. The molecule has 1 saturated carbocycles. The zero-order chi connectivity index (χ0) is 19.7. The first-order valence-electron chi connectivity index (χ1n) is 9.84. The van der Waals surface area contributed by atoms with Crippen molar-refractivity contribution in [2.24, 2.45) is 5.92 Å². The van der Waals surface area contributed by atoms with Gasteiger partial charge in [0.2, 0.25) is 5.91 Å². The summed E-state index contributed by atoms with van der Waals surface area (Å²) < 4.78 is 0. The van der Waals surface area contributed by atoms with Crippen molar-refractivity contribution in [2.75, 3.05) is 17.7 Å². The van der Waals surface area contributed by atoms with Gasteiger partial charge < -0.3 is 10.6 Å². The molecule has 144 valence electrons. The van der Waals surface area contributed by atoms with Gasteiger partial charge in [-0.1, -0.05) is 13.3 Å². The lowest BCUT2D eigenvalue weighted by Gasteiger charge is -2.13. The number of rotatable bonds is 6. The number of carbonyl (C=O) groups excluding carboxylic acids is 1. The third-order valence-electron chi connectivity index (χ3n) is 5.10. The summed E-state index contributed by atoms with van der Waals surface area (Å²) in [6, 6.07) is 6.06. The molecule has 3 aromatic rings. The number of nitrogens with one attached hydrogen (secondary N) is 2. The second-order valence-electron chi connectivity index (χ2n) is 7.40. The Morgan fingerprint density at radius 1 is 1.14 bits per heavy atom. The molecule has 0 saturated heterocycles. The van der Waals surface area contributed by atoms with Crippen LogP contribution in [0.15, 0.2) is 30.6 Å². The fourth-order valence-corrected chi connectivity index (χ4v) is 3.39. The van der Waals surface area contributed by atoms with E-state index in [0.29, 0.717) is 5.82 Å². The molecule has 0 unspecified atom stereocenters. The molecule has 1 aliphatic rings. The van der Waals surface area contributed by atoms with Crippen LogP contribution >= 0.6 is 0 Å². The van der Waals surface area contributed by atoms with E-state index in [9.17, 15) is 4.79 Å². The van der Waals surface area contributed by atoms with E-state index in [1.807, 2.05) is 19.3 Å². The Balaban J connectivity index is 1.72. The maximum absolute atomic E-state index is 12.0. The Morgan fingerprint density at radius 2 is 1.96 bits per heavy atom. The highest BCUT2D eigenvalue weighted by atomic mass is 16.2. The standard InChI is InChI=1S/C22H25N5O/c1-4-5-16-8-13(2)18(12-24-16)17-9-15-11-25-20(27-22(28)14-6-7-14)10-19(15)26-21(17)23-3/h8-12,14H,4-7H2,1-3H3,(H,23,26)(H,25,27,28). The van der Waals surface area contributed by atoms with Crippen molar-refractivity contribution < 1.29 is 4.79 Å². The monoisotopic (exact) mass is 375 g/mol. The highest BCUT2D eigenvalue weighted by molar-refractivity contribution is 5.96. The van der Waals surface area contributed by atoms with E-state index in [0.717, 1.165) is 59.2 Å². The summed E-state index contributed by atoms with van der Waals surface area (Å²) in [6.45, 7) is 4.26. The van der Waals surface area contributed by atoms with Gasteiger partial charge in [0, 0.05) is 53.6 Å². The van der Waals surface area contributed by atoms with Crippen LogP contribution in [-0.4, -0.2) is 27.9 Å². The van der Waals surface area contributed by atoms with Gasteiger partial charge in [-0.05, 0) is 43.9 Å². The highest BCUT2D eigenvalue weighted by Gasteiger charge is 2.29. The molecule has 0 aromatic carbocycles. The number of nitrogens with zero attached hydrogens (tertiary/aromatic N) is 3. The van der Waals surface area contributed by atoms with Crippen LogP contribution < -0.4 is 10.6 Å². The molecule has 3 aromatic heterocycles. The number of carbonyl (C=O) groups is 1. The van der Waals surface area contributed by atoms with Crippen LogP contribution in [0.5, 0.6) is 0 Å². The summed E-state index contributed by atoms with van der Waals surface area (Å²) in [5, 5.41) is 7.01. The quantitative estimate of drug-likeness (QED) is 0.670. The second-order valence-corrected chi connectivity index (χ2v) is 7.40. The summed E-state index contributed by atoms with van der Waals surface area (Å²) >= 11 is 0. The molecular weight excluding hydrogens is 350 g/mol. The van der Waals surface area contributed by atoms with Crippen LogP contribution in [0, 0.1) is 12.8 Å². The Hall–Kier alpha value is -3.02. The summed E-state index contributed by atoms with van der Waals surface area (Å²) in [4.78, 5) is 25.8. The van der Waals surface area contributed by atoms with Gasteiger partial charge in [0.05, 0.1) is 5.52 Å². The lowest BCUT2D eigenvalue weighted by molar-refractivity contribution is -0.117. The molecular formula is C22H25N5O. The minimum absolute atomic E-state index is 0.0474. The van der Waals surface area contributed by atoms with E-state index in [-0.39, 0.29) is 11.8 Å². The summed E-state index contributed by atoms with van der Waals surface area (Å²) in [7, 11) is 1.86. The molecule has 28 heavy (non-hydrogen) atoms. The molecule has 6 nitrogen and oxygen atoms in total. The van der Waals surface area contributed by atoms with E-state index in [2.05, 4.69) is 46.6 Å². The lowest BCUT2D eigenvalue weighted by atomic mass is 10.0. The average Bonchev–Trinajstić information content (AvgIpc) is 3.53. The minimum atomic E-state index is 0.0474. The smallest absolute Gasteiger partial charge is 0.228 e. The first-order valence-corrected chi connectivity index (χ1v) is 9.84. The normalized spacial score (nSPS) is 13.5. The molecule has 0 spiro atoms. The first kappa shape index (κ1) is 18.3. The fourth-order valence-electron chi connectivity index (χ4n) is 3.39. The van der Waals surface area contributed by atoms with Gasteiger partial charge in [0.1, 0.15) is 11.6 Å². The molecule has 1 amide bonds. The van der Waals surface area contributed by atoms with Crippen molar-refractivity contribution in [2.45, 2.75) is 39.5 Å². The van der Waals surface area contributed by atoms with Crippen molar-refractivity contribution in [3.63, 3.8) is 0 Å². The Labute approximate surface area is 164 Å². The van der Waals surface area contributed by atoms with Crippen molar-refractivity contribution in [1.82, 2.24) is 15.0 Å². The molecule has 6 heteroatoms. The first-order chi connectivity index (χ1) is 13.6. The van der Waals surface area contributed by atoms with E-state index in [4.69, 9.17) is 4.98 Å². The third kappa shape index (κ3) is 3.67. The maximum atomic E-state index is 12.0. The predicted octanol–water partition coefficient (Wildman–Crippen LogP) is 4.34. The lowest BCUT2D eigenvalue weighted by Crippen LogP contribution is -2.14. The number of aromatic nitrogens is 3. The van der Waals surface area contributed by atoms with Crippen molar-refractivity contribution in [3.05, 3.63) is 41.9 Å². The van der Waals surface area contributed by atoms with Gasteiger partial charge in [0.15, 0.2) is 0 Å². The minimum Gasteiger partial charge on any atom is -0.373 e. The molecule has 3 heterocycles. The number of amides is 1. The van der Waals surface area contributed by atoms with Crippen LogP contribution in [0.25, 0.3) is 22.0 Å². The predicted molar refractivity (Wildman–Crippen MR) is 112 cm³/mol. The number of hydrogen-bond acceptors (Lipinski definition) is 5. The Morgan fingerprint density at radius 3 is 2.64 bits per heavy atom. The van der Waals surface area contributed by atoms with Crippen LogP contribution in [0.4, 0.5) is 11.6 Å².